The van der Waals surface area contributed by atoms with Gasteiger partial charge in [0.15, 0.2) is 0 Å². The molecule has 0 aromatic heterocycles. The maximum Gasteiger partial charge on any atom is 0.315 e. The largest absolute Gasteiger partial charge is 0.469 e. The van der Waals surface area contributed by atoms with Crippen molar-refractivity contribution in [2.45, 2.75) is 19.4 Å². The van der Waals surface area contributed by atoms with E-state index in [0.29, 0.717) is 0 Å². The van der Waals surface area contributed by atoms with Gasteiger partial charge in [-0.3, -0.25) is 9.59 Å². The smallest absolute Gasteiger partial charge is 0.315 e. The molecule has 0 fully saturated rings. The molecule has 1 atom stereocenters. The molecule has 1 rings (SSSR count). The molecule has 0 aliphatic rings. The second kappa shape index (κ2) is 5.90. The highest BCUT2D eigenvalue weighted by Crippen LogP contribution is 2.10. The van der Waals surface area contributed by atoms with Gasteiger partial charge in [-0.25, -0.2) is 0 Å². The van der Waals surface area contributed by atoms with E-state index >= 15 is 0 Å². The van der Waals surface area contributed by atoms with Crippen molar-refractivity contribution < 1.29 is 14.3 Å². The SMILES string of the molecule is COC(=O)CC(=O)NC(C)c1ccccc1. The van der Waals surface area contributed by atoms with Gasteiger partial charge in [0.2, 0.25) is 5.91 Å². The number of benzene rings is 1. The summed E-state index contributed by atoms with van der Waals surface area (Å²) in [6.07, 6.45) is -0.242. The Labute approximate surface area is 94.6 Å². The minimum absolute atomic E-state index is 0.113. The summed E-state index contributed by atoms with van der Waals surface area (Å²) in [5.74, 6) is -0.860. The zero-order chi connectivity index (χ0) is 12.0. The van der Waals surface area contributed by atoms with E-state index < -0.39 is 5.97 Å². The molecule has 0 radical (unpaired) electrons. The first kappa shape index (κ1) is 12.2. The highest BCUT2D eigenvalue weighted by atomic mass is 16.5. The van der Waals surface area contributed by atoms with E-state index in [2.05, 4.69) is 10.1 Å². The highest BCUT2D eigenvalue weighted by Gasteiger charge is 2.12. The summed E-state index contributed by atoms with van der Waals surface area (Å²) in [7, 11) is 1.26. The van der Waals surface area contributed by atoms with E-state index in [1.165, 1.54) is 7.11 Å². The normalized spacial score (nSPS) is 11.6. The fourth-order valence-electron chi connectivity index (χ4n) is 1.32. The molecule has 0 spiro atoms. The monoisotopic (exact) mass is 221 g/mol. The molecule has 86 valence electrons. The van der Waals surface area contributed by atoms with Crippen LogP contribution in [0.15, 0.2) is 30.3 Å². The fraction of sp³-hybridized carbons (Fsp3) is 0.333. The summed E-state index contributed by atoms with van der Waals surface area (Å²) >= 11 is 0. The van der Waals surface area contributed by atoms with Gasteiger partial charge in [-0.05, 0) is 12.5 Å². The number of hydrogen-bond donors (Lipinski definition) is 1. The Morgan fingerprint density at radius 1 is 1.31 bits per heavy atom. The van der Waals surface area contributed by atoms with E-state index in [0.717, 1.165) is 5.56 Å². The Morgan fingerprint density at radius 3 is 2.50 bits per heavy atom. The summed E-state index contributed by atoms with van der Waals surface area (Å²) in [5, 5.41) is 2.72. The standard InChI is InChI=1S/C12H15NO3/c1-9(10-6-4-3-5-7-10)13-11(14)8-12(15)16-2/h3-7,9H,8H2,1-2H3,(H,13,14). The van der Waals surface area contributed by atoms with Gasteiger partial charge in [0, 0.05) is 0 Å². The predicted molar refractivity (Wildman–Crippen MR) is 59.6 cm³/mol. The fourth-order valence-corrected chi connectivity index (χ4v) is 1.32. The van der Waals surface area contributed by atoms with Crippen LogP contribution in [0, 0.1) is 0 Å². The molecule has 1 aromatic carbocycles. The predicted octanol–water partition coefficient (Wildman–Crippen LogP) is 1.43. The molecule has 0 bridgehead atoms. The Balaban J connectivity index is 2.49. The third kappa shape index (κ3) is 3.73. The molecule has 0 saturated heterocycles. The molecule has 1 unspecified atom stereocenters. The number of nitrogens with one attached hydrogen (secondary N) is 1. The lowest BCUT2D eigenvalue weighted by atomic mass is 10.1. The molecular weight excluding hydrogens is 206 g/mol. The molecule has 1 amide bonds. The first-order chi connectivity index (χ1) is 7.63. The Hall–Kier alpha value is -1.84. The second-order valence-electron chi connectivity index (χ2n) is 3.45. The molecular formula is C12H15NO3. The number of rotatable bonds is 4. The minimum atomic E-state index is -0.530. The topological polar surface area (TPSA) is 55.4 Å². The number of carbonyl (C=O) groups excluding carboxylic acids is 2. The van der Waals surface area contributed by atoms with Gasteiger partial charge in [0.05, 0.1) is 13.2 Å². The van der Waals surface area contributed by atoms with Crippen molar-refractivity contribution in [3.05, 3.63) is 35.9 Å². The van der Waals surface area contributed by atoms with Gasteiger partial charge in [0.25, 0.3) is 0 Å². The van der Waals surface area contributed by atoms with E-state index in [1.807, 2.05) is 37.3 Å². The summed E-state index contributed by atoms with van der Waals surface area (Å²) in [6, 6.07) is 9.44. The molecule has 4 nitrogen and oxygen atoms in total. The third-order valence-corrected chi connectivity index (χ3v) is 2.21. The van der Waals surface area contributed by atoms with Crippen molar-refractivity contribution in [2.24, 2.45) is 0 Å². The van der Waals surface area contributed by atoms with Crippen molar-refractivity contribution in [2.75, 3.05) is 7.11 Å². The Morgan fingerprint density at radius 2 is 1.94 bits per heavy atom. The van der Waals surface area contributed by atoms with Crippen LogP contribution in [0.25, 0.3) is 0 Å². The van der Waals surface area contributed by atoms with E-state index in [9.17, 15) is 9.59 Å². The van der Waals surface area contributed by atoms with Crippen molar-refractivity contribution in [3.8, 4) is 0 Å². The lowest BCUT2D eigenvalue weighted by Crippen LogP contribution is -2.28. The Bertz CT molecular complexity index is 362. The molecule has 1 N–H and O–H groups in total. The van der Waals surface area contributed by atoms with Gasteiger partial charge in [-0.1, -0.05) is 30.3 Å². The van der Waals surface area contributed by atoms with E-state index in [-0.39, 0.29) is 18.4 Å². The van der Waals surface area contributed by atoms with Gasteiger partial charge >= 0.3 is 5.97 Å². The average Bonchev–Trinajstić information content (AvgIpc) is 2.29. The van der Waals surface area contributed by atoms with Crippen LogP contribution in [0.3, 0.4) is 0 Å². The summed E-state index contributed by atoms with van der Waals surface area (Å²) in [5.41, 5.74) is 1.00. The Kier molecular flexibility index (Phi) is 4.51. The summed E-state index contributed by atoms with van der Waals surface area (Å²) < 4.78 is 4.41. The van der Waals surface area contributed by atoms with Crippen molar-refractivity contribution in [1.82, 2.24) is 5.32 Å². The molecule has 0 saturated carbocycles. The van der Waals surface area contributed by atoms with Crippen LogP contribution >= 0.6 is 0 Å². The molecule has 0 heterocycles. The van der Waals surface area contributed by atoms with Crippen LogP contribution in [0.1, 0.15) is 24.9 Å². The number of carbonyl (C=O) groups is 2. The van der Waals surface area contributed by atoms with Crippen LogP contribution in [0.5, 0.6) is 0 Å². The van der Waals surface area contributed by atoms with Gasteiger partial charge in [0.1, 0.15) is 6.42 Å². The molecule has 0 aliphatic heterocycles. The number of hydrogen-bond acceptors (Lipinski definition) is 3. The maximum absolute atomic E-state index is 11.4. The van der Waals surface area contributed by atoms with Crippen LogP contribution < -0.4 is 5.32 Å². The van der Waals surface area contributed by atoms with Crippen molar-refractivity contribution in [3.63, 3.8) is 0 Å². The zero-order valence-electron chi connectivity index (χ0n) is 9.40. The van der Waals surface area contributed by atoms with E-state index in [4.69, 9.17) is 0 Å². The van der Waals surface area contributed by atoms with Crippen LogP contribution in [0.4, 0.5) is 0 Å². The minimum Gasteiger partial charge on any atom is -0.469 e. The molecule has 16 heavy (non-hydrogen) atoms. The van der Waals surface area contributed by atoms with Crippen molar-refractivity contribution in [1.29, 1.82) is 0 Å². The number of amides is 1. The van der Waals surface area contributed by atoms with Gasteiger partial charge in [-0.2, -0.15) is 0 Å². The first-order valence-electron chi connectivity index (χ1n) is 5.04. The van der Waals surface area contributed by atoms with Crippen molar-refractivity contribution >= 4 is 11.9 Å². The molecule has 4 heteroatoms. The molecule has 0 aliphatic carbocycles. The third-order valence-electron chi connectivity index (χ3n) is 2.21. The summed E-state index contributed by atoms with van der Waals surface area (Å²) in [4.78, 5) is 22.2. The van der Waals surface area contributed by atoms with Crippen LogP contribution in [0.2, 0.25) is 0 Å². The van der Waals surface area contributed by atoms with Crippen LogP contribution in [-0.2, 0) is 14.3 Å². The first-order valence-corrected chi connectivity index (χ1v) is 5.04. The highest BCUT2D eigenvalue weighted by molar-refractivity contribution is 5.94. The quantitative estimate of drug-likeness (QED) is 0.618. The number of esters is 1. The zero-order valence-corrected chi connectivity index (χ0v) is 9.40. The molecule has 1 aromatic rings. The second-order valence-corrected chi connectivity index (χ2v) is 3.45. The maximum atomic E-state index is 11.4. The van der Waals surface area contributed by atoms with Gasteiger partial charge < -0.3 is 10.1 Å². The number of methoxy groups -OCH3 is 1. The summed E-state index contributed by atoms with van der Waals surface area (Å²) in [6.45, 7) is 1.87. The number of ether oxygens (including phenoxy) is 1. The lowest BCUT2D eigenvalue weighted by molar-refractivity contribution is -0.143. The van der Waals surface area contributed by atoms with Gasteiger partial charge in [-0.15, -0.1) is 0 Å². The van der Waals surface area contributed by atoms with Crippen LogP contribution in [-0.4, -0.2) is 19.0 Å². The van der Waals surface area contributed by atoms with E-state index in [1.54, 1.807) is 0 Å². The average molecular weight is 221 g/mol. The lowest BCUT2D eigenvalue weighted by Gasteiger charge is -2.13.